The summed E-state index contributed by atoms with van der Waals surface area (Å²) in [4.78, 5) is 4.17. The summed E-state index contributed by atoms with van der Waals surface area (Å²) in [7, 11) is 0. The Kier molecular flexibility index (Phi) is 4.51. The molecule has 0 aliphatic rings. The Hall–Kier alpha value is 0.370. The molecule has 0 bridgehead atoms. The lowest BCUT2D eigenvalue weighted by atomic mass is 10.4. The van der Waals surface area contributed by atoms with Crippen molar-refractivity contribution in [3.05, 3.63) is 19.5 Å². The normalized spacial score (nSPS) is 9.92. The predicted octanol–water partition coefficient (Wildman–Crippen LogP) is 1.66. The second-order valence-electron chi connectivity index (χ2n) is 2.02. The number of ether oxygens (including phenoxy) is 1. The molecule has 0 aromatic carbocycles. The highest BCUT2D eigenvalue weighted by atomic mass is 127. The van der Waals surface area contributed by atoms with Crippen LogP contribution in [0.4, 0.5) is 0 Å². The van der Waals surface area contributed by atoms with Gasteiger partial charge in [-0.2, -0.15) is 0 Å². The molecule has 0 saturated heterocycles. The Morgan fingerprint density at radius 1 is 1.33 bits per heavy atom. The summed E-state index contributed by atoms with van der Waals surface area (Å²) in [6.45, 7) is 0.367. The van der Waals surface area contributed by atoms with Crippen LogP contribution < -0.4 is 4.74 Å². The highest BCUT2D eigenvalue weighted by Gasteiger charge is 1.98. The highest BCUT2D eigenvalue weighted by molar-refractivity contribution is 14.1. The Labute approximate surface area is 97.8 Å². The van der Waals surface area contributed by atoms with Gasteiger partial charge < -0.3 is 9.84 Å². The maximum Gasteiger partial charge on any atom is 0.124 e. The van der Waals surface area contributed by atoms with E-state index in [1.165, 1.54) is 0 Å². The lowest BCUT2D eigenvalue weighted by molar-refractivity contribution is 0.201. The van der Waals surface area contributed by atoms with Crippen LogP contribution >= 0.6 is 45.2 Å². The molecule has 66 valence electrons. The molecular weight excluding hydrogens is 384 g/mol. The molecule has 0 spiro atoms. The summed E-state index contributed by atoms with van der Waals surface area (Å²) in [6.07, 6.45) is 0. The lowest BCUT2D eigenvalue weighted by Crippen LogP contribution is -2.02. The molecule has 12 heavy (non-hydrogen) atoms. The fourth-order valence-electron chi connectivity index (χ4n) is 0.690. The van der Waals surface area contributed by atoms with Gasteiger partial charge in [-0.05, 0) is 45.2 Å². The molecule has 0 amide bonds. The molecule has 1 N–H and O–H groups in total. The monoisotopic (exact) mass is 391 g/mol. The average Bonchev–Trinajstić information content (AvgIpc) is 1.99. The first-order valence-electron chi connectivity index (χ1n) is 3.29. The van der Waals surface area contributed by atoms with Crippen LogP contribution in [0.1, 0.15) is 0 Å². The number of hydrogen-bond acceptors (Lipinski definition) is 3. The Bertz CT molecular complexity index is 247. The standard InChI is InChI=1S/C7H7I2NO2/c8-6-3-5(12-2-1-11)4-7(9)10-6/h3-4,11H,1-2H2. The average molecular weight is 391 g/mol. The van der Waals surface area contributed by atoms with Crippen molar-refractivity contribution < 1.29 is 9.84 Å². The van der Waals surface area contributed by atoms with Crippen LogP contribution in [0.3, 0.4) is 0 Å². The maximum absolute atomic E-state index is 8.52. The van der Waals surface area contributed by atoms with Gasteiger partial charge in [-0.15, -0.1) is 0 Å². The van der Waals surface area contributed by atoms with Gasteiger partial charge in [0.1, 0.15) is 19.8 Å². The minimum absolute atomic E-state index is 0.0372. The molecule has 0 radical (unpaired) electrons. The van der Waals surface area contributed by atoms with E-state index in [1.54, 1.807) is 0 Å². The third-order valence-electron chi connectivity index (χ3n) is 1.10. The van der Waals surface area contributed by atoms with E-state index in [2.05, 4.69) is 50.2 Å². The molecule has 5 heteroatoms. The van der Waals surface area contributed by atoms with Gasteiger partial charge >= 0.3 is 0 Å². The van der Waals surface area contributed by atoms with Gasteiger partial charge in [0.15, 0.2) is 0 Å². The van der Waals surface area contributed by atoms with E-state index in [0.29, 0.717) is 6.61 Å². The molecule has 0 aliphatic carbocycles. The molecule has 0 unspecified atom stereocenters. The van der Waals surface area contributed by atoms with Gasteiger partial charge in [0.2, 0.25) is 0 Å². The summed E-state index contributed by atoms with van der Waals surface area (Å²) in [5.41, 5.74) is 0. The minimum atomic E-state index is 0.0372. The number of hydrogen-bond donors (Lipinski definition) is 1. The summed E-state index contributed by atoms with van der Waals surface area (Å²) < 4.78 is 7.01. The number of aliphatic hydroxyl groups is 1. The van der Waals surface area contributed by atoms with Crippen molar-refractivity contribution in [3.63, 3.8) is 0 Å². The molecule has 0 fully saturated rings. The van der Waals surface area contributed by atoms with Gasteiger partial charge in [-0.3, -0.25) is 0 Å². The molecule has 0 saturated carbocycles. The van der Waals surface area contributed by atoms with Crippen molar-refractivity contribution in [1.82, 2.24) is 4.98 Å². The van der Waals surface area contributed by atoms with E-state index in [-0.39, 0.29) is 6.61 Å². The number of pyridine rings is 1. The first kappa shape index (κ1) is 10.5. The van der Waals surface area contributed by atoms with Crippen molar-refractivity contribution in [3.8, 4) is 5.75 Å². The third kappa shape index (κ3) is 3.40. The lowest BCUT2D eigenvalue weighted by Gasteiger charge is -2.04. The van der Waals surface area contributed by atoms with Crippen LogP contribution in [0.15, 0.2) is 12.1 Å². The quantitative estimate of drug-likeness (QED) is 0.630. The van der Waals surface area contributed by atoms with Crippen molar-refractivity contribution in [1.29, 1.82) is 0 Å². The molecular formula is C7H7I2NO2. The zero-order valence-electron chi connectivity index (χ0n) is 6.13. The predicted molar refractivity (Wildman–Crippen MR) is 62.3 cm³/mol. The summed E-state index contributed by atoms with van der Waals surface area (Å²) in [6, 6.07) is 3.66. The van der Waals surface area contributed by atoms with Crippen LogP contribution in [-0.2, 0) is 0 Å². The van der Waals surface area contributed by atoms with Crippen molar-refractivity contribution >= 4 is 45.2 Å². The molecule has 1 heterocycles. The SMILES string of the molecule is OCCOc1cc(I)nc(I)c1. The van der Waals surface area contributed by atoms with Crippen LogP contribution in [0.25, 0.3) is 0 Å². The smallest absolute Gasteiger partial charge is 0.124 e. The van der Waals surface area contributed by atoms with Gasteiger partial charge in [0.05, 0.1) is 6.61 Å². The van der Waals surface area contributed by atoms with Crippen LogP contribution in [-0.4, -0.2) is 23.3 Å². The van der Waals surface area contributed by atoms with Crippen LogP contribution in [0.2, 0.25) is 0 Å². The number of halogens is 2. The second-order valence-corrected chi connectivity index (χ2v) is 4.23. The van der Waals surface area contributed by atoms with Gasteiger partial charge in [-0.1, -0.05) is 0 Å². The van der Waals surface area contributed by atoms with Crippen LogP contribution in [0.5, 0.6) is 5.75 Å². The van der Waals surface area contributed by atoms with E-state index in [4.69, 9.17) is 9.84 Å². The molecule has 0 atom stereocenters. The number of aliphatic hydroxyl groups excluding tert-OH is 1. The topological polar surface area (TPSA) is 42.4 Å². The molecule has 1 rings (SSSR count). The highest BCUT2D eigenvalue weighted by Crippen LogP contribution is 2.16. The minimum Gasteiger partial charge on any atom is -0.491 e. The van der Waals surface area contributed by atoms with E-state index in [0.717, 1.165) is 13.2 Å². The van der Waals surface area contributed by atoms with E-state index in [9.17, 15) is 0 Å². The third-order valence-corrected chi connectivity index (χ3v) is 2.20. The largest absolute Gasteiger partial charge is 0.491 e. The molecule has 1 aromatic rings. The number of rotatable bonds is 3. The van der Waals surface area contributed by atoms with Gasteiger partial charge in [-0.25, -0.2) is 4.98 Å². The van der Waals surface area contributed by atoms with E-state index < -0.39 is 0 Å². The van der Waals surface area contributed by atoms with Crippen LogP contribution in [0, 0.1) is 7.40 Å². The fraction of sp³-hybridized carbons (Fsp3) is 0.286. The summed E-state index contributed by atoms with van der Waals surface area (Å²) >= 11 is 4.25. The zero-order chi connectivity index (χ0) is 8.97. The van der Waals surface area contributed by atoms with Gasteiger partial charge in [0, 0.05) is 12.1 Å². The Morgan fingerprint density at radius 2 is 1.92 bits per heavy atom. The summed E-state index contributed by atoms with van der Waals surface area (Å²) in [5, 5.41) is 8.52. The number of nitrogens with zero attached hydrogens (tertiary/aromatic N) is 1. The van der Waals surface area contributed by atoms with Gasteiger partial charge in [0.25, 0.3) is 0 Å². The maximum atomic E-state index is 8.52. The van der Waals surface area contributed by atoms with E-state index >= 15 is 0 Å². The van der Waals surface area contributed by atoms with Crippen molar-refractivity contribution in [2.45, 2.75) is 0 Å². The van der Waals surface area contributed by atoms with E-state index in [1.807, 2.05) is 12.1 Å². The molecule has 0 aliphatic heterocycles. The Balaban J connectivity index is 2.72. The first-order valence-corrected chi connectivity index (χ1v) is 5.45. The number of aromatic nitrogens is 1. The summed E-state index contributed by atoms with van der Waals surface area (Å²) in [5.74, 6) is 0.757. The Morgan fingerprint density at radius 3 is 2.42 bits per heavy atom. The van der Waals surface area contributed by atoms with Crippen molar-refractivity contribution in [2.24, 2.45) is 0 Å². The zero-order valence-corrected chi connectivity index (χ0v) is 10.4. The molecule has 1 aromatic heterocycles. The van der Waals surface area contributed by atoms with Crippen molar-refractivity contribution in [2.75, 3.05) is 13.2 Å². The fourth-order valence-corrected chi connectivity index (χ4v) is 2.28. The second kappa shape index (κ2) is 5.18. The first-order chi connectivity index (χ1) is 5.72. The molecule has 3 nitrogen and oxygen atoms in total.